The van der Waals surface area contributed by atoms with Gasteiger partial charge in [0.1, 0.15) is 6.04 Å². The third kappa shape index (κ3) is 3.26. The Balaban J connectivity index is 2.10. The fourth-order valence-corrected chi connectivity index (χ4v) is 2.60. The average molecular weight is 282 g/mol. The first-order valence-electron chi connectivity index (χ1n) is 6.35. The maximum Gasteiger partial charge on any atom is 0.326 e. The Labute approximate surface area is 117 Å². The molecule has 1 aliphatic rings. The van der Waals surface area contributed by atoms with E-state index in [2.05, 4.69) is 0 Å². The van der Waals surface area contributed by atoms with Gasteiger partial charge in [0.25, 0.3) is 0 Å². The zero-order chi connectivity index (χ0) is 13.8. The first-order valence-corrected chi connectivity index (χ1v) is 6.73. The van der Waals surface area contributed by atoms with Crippen LogP contribution in [0.5, 0.6) is 0 Å². The molecule has 1 aliphatic heterocycles. The van der Waals surface area contributed by atoms with E-state index in [1.54, 1.807) is 18.2 Å². The molecule has 0 radical (unpaired) electrons. The van der Waals surface area contributed by atoms with Crippen LogP contribution in [-0.2, 0) is 16.0 Å². The molecule has 0 aliphatic carbocycles. The van der Waals surface area contributed by atoms with E-state index in [1.165, 1.54) is 4.90 Å². The van der Waals surface area contributed by atoms with Gasteiger partial charge >= 0.3 is 5.97 Å². The summed E-state index contributed by atoms with van der Waals surface area (Å²) in [5, 5.41) is 9.70. The van der Waals surface area contributed by atoms with E-state index in [-0.39, 0.29) is 12.3 Å². The number of likely N-dealkylation sites (tertiary alicyclic amines) is 1. The Kier molecular flexibility index (Phi) is 4.43. The summed E-state index contributed by atoms with van der Waals surface area (Å²) >= 11 is 6.02. The summed E-state index contributed by atoms with van der Waals surface area (Å²) in [6.07, 6.45) is 2.40. The molecular weight excluding hydrogens is 266 g/mol. The van der Waals surface area contributed by atoms with Gasteiger partial charge in [0.2, 0.25) is 5.91 Å². The number of halogens is 1. The Morgan fingerprint density at radius 3 is 2.74 bits per heavy atom. The Morgan fingerprint density at radius 2 is 2.05 bits per heavy atom. The van der Waals surface area contributed by atoms with Crippen molar-refractivity contribution in [3.63, 3.8) is 0 Å². The molecule has 0 bridgehead atoms. The lowest BCUT2D eigenvalue weighted by molar-refractivity contribution is -0.151. The summed E-state index contributed by atoms with van der Waals surface area (Å²) in [7, 11) is 0. The smallest absolute Gasteiger partial charge is 0.326 e. The van der Waals surface area contributed by atoms with Gasteiger partial charge in [0.05, 0.1) is 6.42 Å². The number of hydrogen-bond acceptors (Lipinski definition) is 2. The predicted molar refractivity (Wildman–Crippen MR) is 72.1 cm³/mol. The summed E-state index contributed by atoms with van der Waals surface area (Å²) in [5.41, 5.74) is 0.740. The topological polar surface area (TPSA) is 57.6 Å². The minimum absolute atomic E-state index is 0.156. The number of carbonyl (C=O) groups is 2. The van der Waals surface area contributed by atoms with E-state index >= 15 is 0 Å². The lowest BCUT2D eigenvalue weighted by atomic mass is 10.0. The van der Waals surface area contributed by atoms with Crippen molar-refractivity contribution < 1.29 is 14.7 Å². The van der Waals surface area contributed by atoms with Crippen LogP contribution in [0.1, 0.15) is 24.8 Å². The van der Waals surface area contributed by atoms with Crippen molar-refractivity contribution in [3.05, 3.63) is 34.9 Å². The molecule has 4 nitrogen and oxygen atoms in total. The standard InChI is InChI=1S/C14H16ClNO3/c15-11-6-2-1-5-10(11)9-13(17)16-8-4-3-7-12(16)14(18)19/h1-2,5-6,12H,3-4,7-9H2,(H,18,19)/t12-/m1/s1. The lowest BCUT2D eigenvalue weighted by Crippen LogP contribution is -2.48. The maximum absolute atomic E-state index is 12.2. The SMILES string of the molecule is O=C(O)[C@H]1CCCCN1C(=O)Cc1ccccc1Cl. The second-order valence-corrected chi connectivity index (χ2v) is 5.11. The number of piperidine rings is 1. The highest BCUT2D eigenvalue weighted by Gasteiger charge is 2.31. The van der Waals surface area contributed by atoms with E-state index in [0.717, 1.165) is 18.4 Å². The highest BCUT2D eigenvalue weighted by molar-refractivity contribution is 6.31. The summed E-state index contributed by atoms with van der Waals surface area (Å²) in [5.74, 6) is -1.09. The highest BCUT2D eigenvalue weighted by atomic mass is 35.5. The normalized spacial score (nSPS) is 19.2. The van der Waals surface area contributed by atoms with Crippen molar-refractivity contribution in [1.29, 1.82) is 0 Å². The number of hydrogen-bond donors (Lipinski definition) is 1. The van der Waals surface area contributed by atoms with Crippen molar-refractivity contribution in [1.82, 2.24) is 4.90 Å². The maximum atomic E-state index is 12.2. The van der Waals surface area contributed by atoms with Crippen LogP contribution < -0.4 is 0 Å². The average Bonchev–Trinajstić information content (AvgIpc) is 2.41. The number of carboxylic acid groups (broad SMARTS) is 1. The van der Waals surface area contributed by atoms with Crippen LogP contribution in [0.25, 0.3) is 0 Å². The molecule has 1 saturated heterocycles. The van der Waals surface area contributed by atoms with Gasteiger partial charge in [-0.05, 0) is 30.9 Å². The third-order valence-corrected chi connectivity index (χ3v) is 3.78. The molecule has 2 rings (SSSR count). The number of aliphatic carboxylic acids is 1. The zero-order valence-corrected chi connectivity index (χ0v) is 11.3. The molecule has 0 unspecified atom stereocenters. The molecule has 0 aromatic heterocycles. The summed E-state index contributed by atoms with van der Waals surface area (Å²) < 4.78 is 0. The molecule has 19 heavy (non-hydrogen) atoms. The van der Waals surface area contributed by atoms with Gasteiger partial charge in [-0.1, -0.05) is 29.8 Å². The number of carbonyl (C=O) groups excluding carboxylic acids is 1. The Hall–Kier alpha value is -1.55. The Morgan fingerprint density at radius 1 is 1.32 bits per heavy atom. The fraction of sp³-hybridized carbons (Fsp3) is 0.429. The van der Waals surface area contributed by atoms with Crippen molar-refractivity contribution in [2.75, 3.05) is 6.54 Å². The molecular formula is C14H16ClNO3. The summed E-state index contributed by atoms with van der Waals surface area (Å²) in [6.45, 7) is 0.514. The molecule has 1 fully saturated rings. The third-order valence-electron chi connectivity index (χ3n) is 3.41. The van der Waals surface area contributed by atoms with E-state index in [9.17, 15) is 9.59 Å². The van der Waals surface area contributed by atoms with Gasteiger partial charge in [-0.3, -0.25) is 4.79 Å². The van der Waals surface area contributed by atoms with E-state index in [4.69, 9.17) is 16.7 Å². The summed E-state index contributed by atoms with van der Waals surface area (Å²) in [4.78, 5) is 24.9. The first kappa shape index (κ1) is 13.9. The number of rotatable bonds is 3. The number of carboxylic acids is 1. The van der Waals surface area contributed by atoms with Crippen LogP contribution in [0.3, 0.4) is 0 Å². The molecule has 1 aromatic rings. The van der Waals surface area contributed by atoms with E-state index in [1.807, 2.05) is 6.07 Å². The second-order valence-electron chi connectivity index (χ2n) is 4.71. The fourth-order valence-electron chi connectivity index (χ4n) is 2.39. The molecule has 1 atom stereocenters. The highest BCUT2D eigenvalue weighted by Crippen LogP contribution is 2.21. The number of nitrogens with zero attached hydrogens (tertiary/aromatic N) is 1. The van der Waals surface area contributed by atoms with E-state index in [0.29, 0.717) is 18.0 Å². The van der Waals surface area contributed by atoms with Gasteiger partial charge < -0.3 is 10.0 Å². The van der Waals surface area contributed by atoms with Crippen LogP contribution in [-0.4, -0.2) is 34.5 Å². The first-order chi connectivity index (χ1) is 9.09. The van der Waals surface area contributed by atoms with Gasteiger partial charge in [-0.2, -0.15) is 0 Å². The lowest BCUT2D eigenvalue weighted by Gasteiger charge is -2.33. The Bertz CT molecular complexity index is 489. The molecule has 0 saturated carbocycles. The molecule has 1 aromatic carbocycles. The molecule has 102 valence electrons. The number of benzene rings is 1. The molecule has 1 amide bonds. The van der Waals surface area contributed by atoms with Crippen molar-refractivity contribution in [2.24, 2.45) is 0 Å². The van der Waals surface area contributed by atoms with E-state index < -0.39 is 12.0 Å². The molecule has 0 spiro atoms. The minimum Gasteiger partial charge on any atom is -0.480 e. The van der Waals surface area contributed by atoms with Crippen LogP contribution in [0.15, 0.2) is 24.3 Å². The van der Waals surface area contributed by atoms with Crippen LogP contribution >= 0.6 is 11.6 Å². The summed E-state index contributed by atoms with van der Waals surface area (Å²) in [6, 6.07) is 6.45. The van der Waals surface area contributed by atoms with Gasteiger partial charge in [0.15, 0.2) is 0 Å². The monoisotopic (exact) mass is 281 g/mol. The van der Waals surface area contributed by atoms with Crippen LogP contribution in [0.2, 0.25) is 5.02 Å². The molecule has 5 heteroatoms. The van der Waals surface area contributed by atoms with Gasteiger partial charge in [-0.25, -0.2) is 4.79 Å². The van der Waals surface area contributed by atoms with Crippen LogP contribution in [0.4, 0.5) is 0 Å². The second kappa shape index (κ2) is 6.06. The zero-order valence-electron chi connectivity index (χ0n) is 10.5. The van der Waals surface area contributed by atoms with Gasteiger partial charge in [-0.15, -0.1) is 0 Å². The van der Waals surface area contributed by atoms with Crippen molar-refractivity contribution in [2.45, 2.75) is 31.7 Å². The van der Waals surface area contributed by atoms with Gasteiger partial charge in [0, 0.05) is 11.6 Å². The molecule has 1 N–H and O–H groups in total. The number of amides is 1. The predicted octanol–water partition coefficient (Wildman–Crippen LogP) is 2.35. The minimum atomic E-state index is -0.924. The molecule has 1 heterocycles. The van der Waals surface area contributed by atoms with Crippen molar-refractivity contribution >= 4 is 23.5 Å². The quantitative estimate of drug-likeness (QED) is 0.925. The van der Waals surface area contributed by atoms with Crippen LogP contribution in [0, 0.1) is 0 Å². The van der Waals surface area contributed by atoms with Crippen molar-refractivity contribution in [3.8, 4) is 0 Å². The largest absolute Gasteiger partial charge is 0.480 e.